The van der Waals surface area contributed by atoms with Crippen LogP contribution in [-0.2, 0) is 15.6 Å². The molecule has 6 nitrogen and oxygen atoms in total. The Morgan fingerprint density at radius 3 is 2.81 bits per heavy atom. The minimum absolute atomic E-state index is 0.158. The van der Waals surface area contributed by atoms with E-state index in [2.05, 4.69) is 20.6 Å². The molecule has 0 saturated heterocycles. The Labute approximate surface area is 152 Å². The van der Waals surface area contributed by atoms with Gasteiger partial charge >= 0.3 is 0 Å². The van der Waals surface area contributed by atoms with Crippen molar-refractivity contribution in [2.45, 2.75) is 16.9 Å². The highest BCUT2D eigenvalue weighted by atomic mass is 32.2. The monoisotopic (exact) mass is 388 g/mol. The van der Waals surface area contributed by atoms with Gasteiger partial charge in [0.1, 0.15) is 10.0 Å². The number of thiophene rings is 1. The quantitative estimate of drug-likeness (QED) is 0.578. The SMILES string of the molecule is Cc1c(S(=O)(=O)Cc2cccc(-c3nn[nH]n3)c2)sc2ccc(F)cc12. The van der Waals surface area contributed by atoms with E-state index >= 15 is 0 Å². The Kier molecular flexibility index (Phi) is 4.04. The van der Waals surface area contributed by atoms with Gasteiger partial charge in [-0.25, -0.2) is 12.8 Å². The van der Waals surface area contributed by atoms with Gasteiger partial charge in [-0.15, -0.1) is 21.5 Å². The first-order valence-electron chi connectivity index (χ1n) is 7.68. The minimum atomic E-state index is -3.57. The maximum absolute atomic E-state index is 13.5. The van der Waals surface area contributed by atoms with Gasteiger partial charge in [-0.2, -0.15) is 5.21 Å². The summed E-state index contributed by atoms with van der Waals surface area (Å²) in [7, 11) is -3.57. The lowest BCUT2D eigenvalue weighted by Crippen LogP contribution is -2.04. The number of halogens is 1. The standard InChI is InChI=1S/C17H13FN4O2S2/c1-10-14-8-13(18)5-6-15(14)25-17(10)26(23,24)9-11-3-2-4-12(7-11)16-19-21-22-20-16/h2-8H,9H2,1H3,(H,19,20,21,22). The number of hydrogen-bond acceptors (Lipinski definition) is 6. The number of hydrogen-bond donors (Lipinski definition) is 1. The van der Waals surface area contributed by atoms with Crippen molar-refractivity contribution in [2.75, 3.05) is 0 Å². The van der Waals surface area contributed by atoms with E-state index in [4.69, 9.17) is 0 Å². The van der Waals surface area contributed by atoms with Crippen LogP contribution < -0.4 is 0 Å². The van der Waals surface area contributed by atoms with Crippen molar-refractivity contribution in [2.24, 2.45) is 0 Å². The predicted molar refractivity (Wildman–Crippen MR) is 97.0 cm³/mol. The zero-order chi connectivity index (χ0) is 18.3. The van der Waals surface area contributed by atoms with Crippen LogP contribution in [0.15, 0.2) is 46.7 Å². The molecule has 0 aliphatic rings. The molecule has 0 radical (unpaired) electrons. The van der Waals surface area contributed by atoms with Gasteiger partial charge in [-0.1, -0.05) is 18.2 Å². The third-order valence-electron chi connectivity index (χ3n) is 4.02. The van der Waals surface area contributed by atoms with Crippen LogP contribution in [0.5, 0.6) is 0 Å². The third kappa shape index (κ3) is 2.99. The van der Waals surface area contributed by atoms with Crippen LogP contribution in [0, 0.1) is 12.7 Å². The van der Waals surface area contributed by atoms with Crippen LogP contribution in [0.1, 0.15) is 11.1 Å². The number of tetrazole rings is 1. The summed E-state index contributed by atoms with van der Waals surface area (Å²) >= 11 is 1.17. The van der Waals surface area contributed by atoms with Gasteiger partial charge in [-0.3, -0.25) is 0 Å². The van der Waals surface area contributed by atoms with Crippen LogP contribution in [0.4, 0.5) is 4.39 Å². The first kappa shape index (κ1) is 16.8. The summed E-state index contributed by atoms with van der Waals surface area (Å²) < 4.78 is 40.4. The summed E-state index contributed by atoms with van der Waals surface area (Å²) in [4.78, 5) is 0. The van der Waals surface area contributed by atoms with E-state index in [9.17, 15) is 12.8 Å². The van der Waals surface area contributed by atoms with Crippen molar-refractivity contribution in [1.29, 1.82) is 0 Å². The summed E-state index contributed by atoms with van der Waals surface area (Å²) in [6.45, 7) is 1.71. The molecular weight excluding hydrogens is 375 g/mol. The van der Waals surface area contributed by atoms with Crippen molar-refractivity contribution >= 4 is 31.3 Å². The Bertz CT molecular complexity index is 1200. The molecule has 2 heterocycles. The second-order valence-electron chi connectivity index (χ2n) is 5.85. The largest absolute Gasteiger partial charge is 0.223 e. The second-order valence-corrected chi connectivity index (χ2v) is 9.09. The second kappa shape index (κ2) is 6.26. The Morgan fingerprint density at radius 2 is 2.04 bits per heavy atom. The lowest BCUT2D eigenvalue weighted by atomic mass is 10.1. The highest BCUT2D eigenvalue weighted by Gasteiger charge is 2.23. The van der Waals surface area contributed by atoms with Crippen LogP contribution in [0.2, 0.25) is 0 Å². The number of aromatic nitrogens is 4. The lowest BCUT2D eigenvalue weighted by molar-refractivity contribution is 0.597. The van der Waals surface area contributed by atoms with E-state index in [1.165, 1.54) is 23.5 Å². The molecule has 0 atom stereocenters. The molecule has 0 aliphatic carbocycles. The minimum Gasteiger partial charge on any atom is -0.223 e. The number of H-pyrrole nitrogens is 1. The van der Waals surface area contributed by atoms with E-state index in [-0.39, 0.29) is 15.8 Å². The maximum atomic E-state index is 13.5. The molecule has 4 rings (SSSR count). The van der Waals surface area contributed by atoms with Crippen LogP contribution >= 0.6 is 11.3 Å². The molecule has 9 heteroatoms. The summed E-state index contributed by atoms with van der Waals surface area (Å²) in [5, 5.41) is 14.3. The van der Waals surface area contributed by atoms with Gasteiger partial charge in [0.2, 0.25) is 5.82 Å². The fraction of sp³-hybridized carbons (Fsp3) is 0.118. The van der Waals surface area contributed by atoms with Crippen LogP contribution in [0.3, 0.4) is 0 Å². The smallest absolute Gasteiger partial charge is 0.204 e. The predicted octanol–water partition coefficient (Wildman–Crippen LogP) is 3.50. The topological polar surface area (TPSA) is 88.6 Å². The van der Waals surface area contributed by atoms with Crippen LogP contribution in [0.25, 0.3) is 21.5 Å². The van der Waals surface area contributed by atoms with Crippen molar-refractivity contribution in [3.8, 4) is 11.4 Å². The molecule has 0 spiro atoms. The first-order valence-corrected chi connectivity index (χ1v) is 10.1. The van der Waals surface area contributed by atoms with Crippen molar-refractivity contribution < 1.29 is 12.8 Å². The van der Waals surface area contributed by atoms with E-state index in [0.717, 1.165) is 4.70 Å². The average molecular weight is 388 g/mol. The summed E-state index contributed by atoms with van der Waals surface area (Å²) in [5.74, 6) is -0.137. The Hall–Kier alpha value is -2.65. The van der Waals surface area contributed by atoms with E-state index in [1.54, 1.807) is 37.3 Å². The lowest BCUT2D eigenvalue weighted by Gasteiger charge is -2.05. The number of benzene rings is 2. The molecule has 26 heavy (non-hydrogen) atoms. The van der Waals surface area contributed by atoms with Gasteiger partial charge < -0.3 is 0 Å². The third-order valence-corrected chi connectivity index (χ3v) is 7.69. The number of sulfone groups is 1. The van der Waals surface area contributed by atoms with Crippen molar-refractivity contribution in [1.82, 2.24) is 20.6 Å². The van der Waals surface area contributed by atoms with Gasteiger partial charge in [0.15, 0.2) is 9.84 Å². The van der Waals surface area contributed by atoms with E-state index in [0.29, 0.717) is 27.9 Å². The molecule has 0 aliphatic heterocycles. The molecule has 132 valence electrons. The average Bonchev–Trinajstić information content (AvgIpc) is 3.24. The summed E-state index contributed by atoms with van der Waals surface area (Å²) in [6, 6.07) is 11.3. The maximum Gasteiger partial charge on any atom is 0.204 e. The zero-order valence-electron chi connectivity index (χ0n) is 13.6. The Balaban J connectivity index is 1.72. The van der Waals surface area contributed by atoms with E-state index in [1.807, 2.05) is 0 Å². The molecule has 4 aromatic rings. The number of nitrogens with zero attached hydrogens (tertiary/aromatic N) is 3. The van der Waals surface area contributed by atoms with E-state index < -0.39 is 9.84 Å². The van der Waals surface area contributed by atoms with Crippen molar-refractivity contribution in [3.05, 3.63) is 59.4 Å². The number of fused-ring (bicyclic) bond motifs is 1. The normalized spacial score (nSPS) is 11.9. The van der Waals surface area contributed by atoms with Gasteiger partial charge in [0.25, 0.3) is 0 Å². The Morgan fingerprint density at radius 1 is 1.19 bits per heavy atom. The summed E-state index contributed by atoms with van der Waals surface area (Å²) in [5.41, 5.74) is 1.88. The molecule has 0 fully saturated rings. The number of nitrogens with one attached hydrogen (secondary N) is 1. The van der Waals surface area contributed by atoms with Gasteiger partial charge in [0.05, 0.1) is 5.75 Å². The van der Waals surface area contributed by atoms with Crippen LogP contribution in [-0.4, -0.2) is 29.0 Å². The number of aryl methyl sites for hydroxylation is 1. The molecule has 2 aromatic carbocycles. The molecule has 0 bridgehead atoms. The summed E-state index contributed by atoms with van der Waals surface area (Å²) in [6.07, 6.45) is 0. The molecule has 0 amide bonds. The fourth-order valence-electron chi connectivity index (χ4n) is 2.84. The van der Waals surface area contributed by atoms with Crippen molar-refractivity contribution in [3.63, 3.8) is 0 Å². The van der Waals surface area contributed by atoms with Gasteiger partial charge in [0, 0.05) is 10.3 Å². The molecule has 1 N–H and O–H groups in total. The number of rotatable bonds is 4. The molecule has 0 unspecified atom stereocenters. The fourth-order valence-corrected chi connectivity index (χ4v) is 6.04. The highest BCUT2D eigenvalue weighted by Crippen LogP contribution is 2.36. The first-order chi connectivity index (χ1) is 12.4. The molecular formula is C17H13FN4O2S2. The molecule has 2 aromatic heterocycles. The number of aromatic amines is 1. The molecule has 0 saturated carbocycles. The van der Waals surface area contributed by atoms with Gasteiger partial charge in [-0.05, 0) is 52.9 Å². The zero-order valence-corrected chi connectivity index (χ0v) is 15.2. The highest BCUT2D eigenvalue weighted by molar-refractivity contribution is 7.93.